The highest BCUT2D eigenvalue weighted by Gasteiger charge is 2.37. The molecule has 24 heavy (non-hydrogen) atoms. The van der Waals surface area contributed by atoms with Gasteiger partial charge in [-0.25, -0.2) is 0 Å². The zero-order valence-corrected chi connectivity index (χ0v) is 15.3. The van der Waals surface area contributed by atoms with Crippen LogP contribution in [0.4, 0.5) is 0 Å². The lowest BCUT2D eigenvalue weighted by Gasteiger charge is -2.34. The van der Waals surface area contributed by atoms with Gasteiger partial charge >= 0.3 is 0 Å². The first-order valence-corrected chi connectivity index (χ1v) is 9.28. The largest absolute Gasteiger partial charge is 0.341 e. The second kappa shape index (κ2) is 7.32. The Hall–Kier alpha value is -1.26. The van der Waals surface area contributed by atoms with E-state index < -0.39 is 0 Å². The molecule has 2 heterocycles. The molecule has 6 heteroatoms. The Labute approximate surface area is 152 Å². The molecule has 2 saturated heterocycles. The van der Waals surface area contributed by atoms with Crippen molar-refractivity contribution < 1.29 is 9.59 Å². The van der Waals surface area contributed by atoms with Gasteiger partial charge in [-0.15, -0.1) is 0 Å². The summed E-state index contributed by atoms with van der Waals surface area (Å²) in [4.78, 5) is 29.3. The number of likely N-dealkylation sites (tertiary alicyclic amines) is 2. The van der Waals surface area contributed by atoms with Crippen LogP contribution in [0.25, 0.3) is 0 Å². The van der Waals surface area contributed by atoms with E-state index in [-0.39, 0.29) is 17.9 Å². The molecule has 0 aromatic heterocycles. The standard InChI is InChI=1S/C18H22Cl2N2O2/c1-12-6-9-21(10-7-12)18(24)16-3-2-8-22(16)17(23)13-4-5-14(19)15(20)11-13/h4-5,11-12,16H,2-3,6-10H2,1H3/t16-/m1/s1. The van der Waals surface area contributed by atoms with Gasteiger partial charge in [0.25, 0.3) is 5.91 Å². The molecule has 2 aliphatic heterocycles. The van der Waals surface area contributed by atoms with Crippen molar-refractivity contribution in [3.05, 3.63) is 33.8 Å². The summed E-state index contributed by atoms with van der Waals surface area (Å²) < 4.78 is 0. The molecule has 130 valence electrons. The van der Waals surface area contributed by atoms with E-state index >= 15 is 0 Å². The van der Waals surface area contributed by atoms with Crippen molar-refractivity contribution in [2.45, 2.75) is 38.6 Å². The molecule has 1 aromatic carbocycles. The van der Waals surface area contributed by atoms with Gasteiger partial charge in [-0.05, 0) is 49.8 Å². The number of carbonyl (C=O) groups excluding carboxylic acids is 2. The number of nitrogens with zero attached hydrogens (tertiary/aromatic N) is 2. The minimum absolute atomic E-state index is 0.0906. The third-order valence-corrected chi connectivity index (χ3v) is 5.80. The van der Waals surface area contributed by atoms with Gasteiger partial charge in [-0.3, -0.25) is 9.59 Å². The summed E-state index contributed by atoms with van der Waals surface area (Å²) >= 11 is 11.9. The molecule has 0 saturated carbocycles. The normalized spacial score (nSPS) is 22.0. The number of hydrogen-bond acceptors (Lipinski definition) is 2. The Morgan fingerprint density at radius 1 is 1.04 bits per heavy atom. The topological polar surface area (TPSA) is 40.6 Å². The van der Waals surface area contributed by atoms with E-state index in [4.69, 9.17) is 23.2 Å². The lowest BCUT2D eigenvalue weighted by molar-refractivity contribution is -0.136. The van der Waals surface area contributed by atoms with Crippen molar-refractivity contribution >= 4 is 35.0 Å². The molecule has 1 aromatic rings. The van der Waals surface area contributed by atoms with Gasteiger partial charge in [0.05, 0.1) is 10.0 Å². The maximum Gasteiger partial charge on any atom is 0.254 e. The number of piperidine rings is 1. The second-order valence-corrected chi connectivity index (χ2v) is 7.61. The van der Waals surface area contributed by atoms with Gasteiger partial charge in [0.15, 0.2) is 0 Å². The van der Waals surface area contributed by atoms with E-state index in [0.29, 0.717) is 28.1 Å². The van der Waals surface area contributed by atoms with E-state index in [1.54, 1.807) is 23.1 Å². The van der Waals surface area contributed by atoms with Crippen LogP contribution in [0.5, 0.6) is 0 Å². The summed E-state index contributed by atoms with van der Waals surface area (Å²) in [6, 6.07) is 4.52. The summed E-state index contributed by atoms with van der Waals surface area (Å²) in [6.45, 7) is 4.42. The van der Waals surface area contributed by atoms with Crippen LogP contribution in [0.3, 0.4) is 0 Å². The van der Waals surface area contributed by atoms with Gasteiger partial charge in [0.1, 0.15) is 6.04 Å². The van der Waals surface area contributed by atoms with Crippen LogP contribution in [0.15, 0.2) is 18.2 Å². The van der Waals surface area contributed by atoms with E-state index in [1.165, 1.54) is 0 Å². The van der Waals surface area contributed by atoms with Crippen LogP contribution in [0, 0.1) is 5.92 Å². The first-order valence-electron chi connectivity index (χ1n) is 8.52. The lowest BCUT2D eigenvalue weighted by atomic mass is 9.98. The van der Waals surface area contributed by atoms with Gasteiger partial charge in [-0.2, -0.15) is 0 Å². The van der Waals surface area contributed by atoms with Crippen molar-refractivity contribution in [2.75, 3.05) is 19.6 Å². The molecule has 0 spiro atoms. The molecule has 0 aliphatic carbocycles. The van der Waals surface area contributed by atoms with Crippen LogP contribution in [0.2, 0.25) is 10.0 Å². The van der Waals surface area contributed by atoms with Crippen LogP contribution in [0.1, 0.15) is 43.0 Å². The van der Waals surface area contributed by atoms with Crippen LogP contribution in [-0.4, -0.2) is 47.3 Å². The lowest BCUT2D eigenvalue weighted by Crippen LogP contribution is -2.49. The number of benzene rings is 1. The minimum Gasteiger partial charge on any atom is -0.341 e. The number of halogens is 2. The number of amides is 2. The summed E-state index contributed by atoms with van der Waals surface area (Å²) in [7, 11) is 0. The fraction of sp³-hybridized carbons (Fsp3) is 0.556. The predicted molar refractivity (Wildman–Crippen MR) is 95.5 cm³/mol. The highest BCUT2D eigenvalue weighted by atomic mass is 35.5. The minimum atomic E-state index is -0.347. The Morgan fingerprint density at radius 2 is 1.75 bits per heavy atom. The molecule has 0 bridgehead atoms. The van der Waals surface area contributed by atoms with E-state index in [0.717, 1.165) is 38.8 Å². The number of carbonyl (C=O) groups is 2. The summed E-state index contributed by atoms with van der Waals surface area (Å²) in [5.74, 6) is 0.620. The van der Waals surface area contributed by atoms with Crippen LogP contribution < -0.4 is 0 Å². The zero-order valence-electron chi connectivity index (χ0n) is 13.8. The Kier molecular flexibility index (Phi) is 5.36. The van der Waals surface area contributed by atoms with Crippen molar-refractivity contribution in [2.24, 2.45) is 5.92 Å². The highest BCUT2D eigenvalue weighted by molar-refractivity contribution is 6.42. The summed E-state index contributed by atoms with van der Waals surface area (Å²) in [5.41, 5.74) is 0.483. The zero-order chi connectivity index (χ0) is 17.3. The van der Waals surface area contributed by atoms with Gasteiger partial charge in [0, 0.05) is 25.2 Å². The SMILES string of the molecule is CC1CCN(C(=O)[C@H]2CCCN2C(=O)c2ccc(Cl)c(Cl)c2)CC1. The molecule has 4 nitrogen and oxygen atoms in total. The van der Waals surface area contributed by atoms with Crippen LogP contribution >= 0.6 is 23.2 Å². The molecule has 3 rings (SSSR count). The Balaban J connectivity index is 1.73. The van der Waals surface area contributed by atoms with Gasteiger partial charge in [-0.1, -0.05) is 30.1 Å². The van der Waals surface area contributed by atoms with Crippen molar-refractivity contribution in [1.82, 2.24) is 9.80 Å². The molecule has 1 atom stereocenters. The first kappa shape index (κ1) is 17.6. The third-order valence-electron chi connectivity index (χ3n) is 5.06. The summed E-state index contributed by atoms with van der Waals surface area (Å²) in [6.07, 6.45) is 3.67. The molecular weight excluding hydrogens is 347 g/mol. The van der Waals surface area contributed by atoms with Gasteiger partial charge in [0.2, 0.25) is 5.91 Å². The molecule has 2 fully saturated rings. The molecule has 2 aliphatic rings. The quantitative estimate of drug-likeness (QED) is 0.794. The average Bonchev–Trinajstić information content (AvgIpc) is 3.06. The Morgan fingerprint density at radius 3 is 2.42 bits per heavy atom. The van der Waals surface area contributed by atoms with Crippen molar-refractivity contribution in [3.8, 4) is 0 Å². The average molecular weight is 369 g/mol. The number of rotatable bonds is 2. The molecular formula is C18H22Cl2N2O2. The fourth-order valence-corrected chi connectivity index (χ4v) is 3.80. The highest BCUT2D eigenvalue weighted by Crippen LogP contribution is 2.27. The second-order valence-electron chi connectivity index (χ2n) is 6.79. The summed E-state index contributed by atoms with van der Waals surface area (Å²) in [5, 5.41) is 0.777. The van der Waals surface area contributed by atoms with E-state index in [2.05, 4.69) is 6.92 Å². The van der Waals surface area contributed by atoms with Crippen molar-refractivity contribution in [1.29, 1.82) is 0 Å². The van der Waals surface area contributed by atoms with E-state index in [1.807, 2.05) is 4.90 Å². The third kappa shape index (κ3) is 3.55. The monoisotopic (exact) mass is 368 g/mol. The van der Waals surface area contributed by atoms with E-state index in [9.17, 15) is 9.59 Å². The molecule has 0 radical (unpaired) electrons. The molecule has 2 amide bonds. The smallest absolute Gasteiger partial charge is 0.254 e. The van der Waals surface area contributed by atoms with Gasteiger partial charge < -0.3 is 9.80 Å². The number of hydrogen-bond donors (Lipinski definition) is 0. The predicted octanol–water partition coefficient (Wildman–Crippen LogP) is 3.86. The maximum atomic E-state index is 12.9. The first-order chi connectivity index (χ1) is 11.5. The molecule has 0 N–H and O–H groups in total. The molecule has 0 unspecified atom stereocenters. The van der Waals surface area contributed by atoms with Crippen LogP contribution in [-0.2, 0) is 4.79 Å². The Bertz CT molecular complexity index is 642. The maximum absolute atomic E-state index is 12.9. The fourth-order valence-electron chi connectivity index (χ4n) is 3.50. The van der Waals surface area contributed by atoms with Crippen molar-refractivity contribution in [3.63, 3.8) is 0 Å².